The Labute approximate surface area is 80.4 Å². The lowest BCUT2D eigenvalue weighted by Gasteiger charge is -2.20. The van der Waals surface area contributed by atoms with Gasteiger partial charge in [0.2, 0.25) is 0 Å². The molecule has 0 aromatic heterocycles. The van der Waals surface area contributed by atoms with Crippen molar-refractivity contribution in [1.82, 2.24) is 0 Å². The lowest BCUT2D eigenvalue weighted by molar-refractivity contribution is 0.659. The molecule has 0 amide bonds. The van der Waals surface area contributed by atoms with Crippen molar-refractivity contribution >= 4 is 5.69 Å². The highest BCUT2D eigenvalue weighted by molar-refractivity contribution is 5.44. The molecular formula is C11H18N2. The molecular weight excluding hydrogens is 160 g/mol. The first-order valence-corrected chi connectivity index (χ1v) is 4.72. The summed E-state index contributed by atoms with van der Waals surface area (Å²) in [4.78, 5) is 2.23. The molecule has 0 aliphatic carbocycles. The number of rotatable bonds is 4. The SMILES string of the molecule is CC(N)CCN(C)c1ccccc1. The van der Waals surface area contributed by atoms with Gasteiger partial charge in [0, 0.05) is 25.3 Å². The number of nitrogens with two attached hydrogens (primary N) is 1. The predicted octanol–water partition coefficient (Wildman–Crippen LogP) is 1.86. The van der Waals surface area contributed by atoms with E-state index in [2.05, 4.69) is 36.2 Å². The van der Waals surface area contributed by atoms with Gasteiger partial charge in [0.15, 0.2) is 0 Å². The molecule has 1 unspecified atom stereocenters. The second-order valence-corrected chi connectivity index (χ2v) is 3.52. The van der Waals surface area contributed by atoms with Crippen LogP contribution in [0.5, 0.6) is 0 Å². The van der Waals surface area contributed by atoms with Gasteiger partial charge >= 0.3 is 0 Å². The third-order valence-electron chi connectivity index (χ3n) is 2.12. The topological polar surface area (TPSA) is 29.3 Å². The summed E-state index contributed by atoms with van der Waals surface area (Å²) in [6.07, 6.45) is 1.03. The van der Waals surface area contributed by atoms with E-state index in [0.29, 0.717) is 0 Å². The van der Waals surface area contributed by atoms with E-state index >= 15 is 0 Å². The molecule has 0 aliphatic heterocycles. The minimum atomic E-state index is 0.283. The van der Waals surface area contributed by atoms with E-state index in [-0.39, 0.29) is 6.04 Å². The molecule has 0 fully saturated rings. The van der Waals surface area contributed by atoms with E-state index < -0.39 is 0 Å². The largest absolute Gasteiger partial charge is 0.375 e. The van der Waals surface area contributed by atoms with Gasteiger partial charge in [0.1, 0.15) is 0 Å². The monoisotopic (exact) mass is 178 g/mol. The van der Waals surface area contributed by atoms with E-state index in [1.165, 1.54) is 5.69 Å². The molecule has 2 heteroatoms. The van der Waals surface area contributed by atoms with Crippen LogP contribution in [-0.4, -0.2) is 19.6 Å². The Morgan fingerprint density at radius 3 is 2.46 bits per heavy atom. The number of hydrogen-bond donors (Lipinski definition) is 1. The van der Waals surface area contributed by atoms with Crippen LogP contribution in [0.2, 0.25) is 0 Å². The van der Waals surface area contributed by atoms with Crippen LogP contribution in [0.4, 0.5) is 5.69 Å². The normalized spacial score (nSPS) is 12.5. The van der Waals surface area contributed by atoms with Crippen molar-refractivity contribution in [2.45, 2.75) is 19.4 Å². The van der Waals surface area contributed by atoms with Crippen LogP contribution in [0.3, 0.4) is 0 Å². The average molecular weight is 178 g/mol. The first-order chi connectivity index (χ1) is 6.20. The predicted molar refractivity (Wildman–Crippen MR) is 58.0 cm³/mol. The highest BCUT2D eigenvalue weighted by Crippen LogP contribution is 2.10. The second-order valence-electron chi connectivity index (χ2n) is 3.52. The van der Waals surface area contributed by atoms with Crippen LogP contribution in [0.1, 0.15) is 13.3 Å². The molecule has 1 aromatic carbocycles. The minimum Gasteiger partial charge on any atom is -0.375 e. The first-order valence-electron chi connectivity index (χ1n) is 4.72. The van der Waals surface area contributed by atoms with Gasteiger partial charge in [0.05, 0.1) is 0 Å². The lowest BCUT2D eigenvalue weighted by atomic mass is 10.2. The van der Waals surface area contributed by atoms with Crippen LogP contribution >= 0.6 is 0 Å². The van der Waals surface area contributed by atoms with Crippen molar-refractivity contribution in [3.63, 3.8) is 0 Å². The van der Waals surface area contributed by atoms with Crippen molar-refractivity contribution in [3.05, 3.63) is 30.3 Å². The zero-order valence-electron chi connectivity index (χ0n) is 8.40. The fourth-order valence-corrected chi connectivity index (χ4v) is 1.21. The summed E-state index contributed by atoms with van der Waals surface area (Å²) in [5, 5.41) is 0. The Kier molecular flexibility index (Phi) is 3.77. The highest BCUT2D eigenvalue weighted by Gasteiger charge is 2.00. The third kappa shape index (κ3) is 3.47. The van der Waals surface area contributed by atoms with Gasteiger partial charge in [-0.15, -0.1) is 0 Å². The molecule has 0 spiro atoms. The molecule has 0 heterocycles. The molecule has 0 saturated heterocycles. The highest BCUT2D eigenvalue weighted by atomic mass is 15.1. The quantitative estimate of drug-likeness (QED) is 0.762. The van der Waals surface area contributed by atoms with E-state index in [1.807, 2.05) is 13.0 Å². The van der Waals surface area contributed by atoms with E-state index in [0.717, 1.165) is 13.0 Å². The number of para-hydroxylation sites is 1. The van der Waals surface area contributed by atoms with E-state index in [9.17, 15) is 0 Å². The first kappa shape index (κ1) is 10.1. The maximum absolute atomic E-state index is 5.69. The van der Waals surface area contributed by atoms with Gasteiger partial charge in [-0.05, 0) is 25.5 Å². The van der Waals surface area contributed by atoms with Crippen LogP contribution in [0.25, 0.3) is 0 Å². The standard InChI is InChI=1S/C11H18N2/c1-10(12)8-9-13(2)11-6-4-3-5-7-11/h3-7,10H,8-9,12H2,1-2H3. The zero-order valence-corrected chi connectivity index (χ0v) is 8.40. The van der Waals surface area contributed by atoms with Crippen molar-refractivity contribution in [3.8, 4) is 0 Å². The van der Waals surface area contributed by atoms with Gasteiger partial charge in [-0.25, -0.2) is 0 Å². The summed E-state index contributed by atoms with van der Waals surface area (Å²) in [5.74, 6) is 0. The molecule has 72 valence electrons. The van der Waals surface area contributed by atoms with E-state index in [1.54, 1.807) is 0 Å². The van der Waals surface area contributed by atoms with Crippen molar-refractivity contribution in [1.29, 1.82) is 0 Å². The van der Waals surface area contributed by atoms with Crippen molar-refractivity contribution in [2.24, 2.45) is 5.73 Å². The molecule has 0 bridgehead atoms. The van der Waals surface area contributed by atoms with Gasteiger partial charge in [-0.1, -0.05) is 18.2 Å². The van der Waals surface area contributed by atoms with Gasteiger partial charge < -0.3 is 10.6 Å². The Morgan fingerprint density at radius 2 is 1.92 bits per heavy atom. The average Bonchev–Trinajstić information content (AvgIpc) is 2.15. The Morgan fingerprint density at radius 1 is 1.31 bits per heavy atom. The maximum atomic E-state index is 5.69. The number of nitrogens with zero attached hydrogens (tertiary/aromatic N) is 1. The molecule has 1 aromatic rings. The Bertz CT molecular complexity index is 231. The van der Waals surface area contributed by atoms with E-state index in [4.69, 9.17) is 5.73 Å². The molecule has 1 rings (SSSR count). The summed E-state index contributed by atoms with van der Waals surface area (Å²) in [6.45, 7) is 3.06. The number of anilines is 1. The van der Waals surface area contributed by atoms with Crippen LogP contribution < -0.4 is 10.6 Å². The maximum Gasteiger partial charge on any atom is 0.0363 e. The molecule has 13 heavy (non-hydrogen) atoms. The van der Waals surface area contributed by atoms with Crippen molar-refractivity contribution < 1.29 is 0 Å². The summed E-state index contributed by atoms with van der Waals surface area (Å²) in [5.41, 5.74) is 6.95. The van der Waals surface area contributed by atoms with Crippen molar-refractivity contribution in [2.75, 3.05) is 18.5 Å². The van der Waals surface area contributed by atoms with Gasteiger partial charge in [-0.3, -0.25) is 0 Å². The fraction of sp³-hybridized carbons (Fsp3) is 0.455. The third-order valence-corrected chi connectivity index (χ3v) is 2.12. The molecule has 1 atom stereocenters. The summed E-state index contributed by atoms with van der Waals surface area (Å²) in [6, 6.07) is 10.6. The summed E-state index contributed by atoms with van der Waals surface area (Å²) in [7, 11) is 2.09. The Hall–Kier alpha value is -1.02. The van der Waals surface area contributed by atoms with Crippen LogP contribution in [0.15, 0.2) is 30.3 Å². The van der Waals surface area contributed by atoms with Gasteiger partial charge in [-0.2, -0.15) is 0 Å². The second kappa shape index (κ2) is 4.87. The molecule has 2 nitrogen and oxygen atoms in total. The number of benzene rings is 1. The minimum absolute atomic E-state index is 0.283. The smallest absolute Gasteiger partial charge is 0.0363 e. The summed E-state index contributed by atoms with van der Waals surface area (Å²) >= 11 is 0. The summed E-state index contributed by atoms with van der Waals surface area (Å²) < 4.78 is 0. The molecule has 0 radical (unpaired) electrons. The van der Waals surface area contributed by atoms with Crippen LogP contribution in [0, 0.1) is 0 Å². The fourth-order valence-electron chi connectivity index (χ4n) is 1.21. The number of hydrogen-bond acceptors (Lipinski definition) is 2. The zero-order chi connectivity index (χ0) is 9.68. The molecule has 2 N–H and O–H groups in total. The van der Waals surface area contributed by atoms with Gasteiger partial charge in [0.25, 0.3) is 0 Å². The molecule has 0 saturated carbocycles. The molecule has 0 aliphatic rings. The van der Waals surface area contributed by atoms with Crippen LogP contribution in [-0.2, 0) is 0 Å². The Balaban J connectivity index is 2.44. The lowest BCUT2D eigenvalue weighted by Crippen LogP contribution is -2.25.